The maximum atomic E-state index is 5.13. The van der Waals surface area contributed by atoms with E-state index in [0.717, 1.165) is 13.0 Å². The van der Waals surface area contributed by atoms with Crippen LogP contribution >= 0.6 is 0 Å². The van der Waals surface area contributed by atoms with Crippen LogP contribution in [0.3, 0.4) is 0 Å². The van der Waals surface area contributed by atoms with E-state index in [-0.39, 0.29) is 0 Å². The van der Waals surface area contributed by atoms with Crippen molar-refractivity contribution in [1.29, 1.82) is 0 Å². The van der Waals surface area contributed by atoms with Crippen LogP contribution in [-0.4, -0.2) is 6.61 Å². The SMILES string of the molecule is CC(C)=C(C)CC1C=COC1. The van der Waals surface area contributed by atoms with Crippen molar-refractivity contribution < 1.29 is 4.74 Å². The lowest BCUT2D eigenvalue weighted by atomic mass is 9.99. The van der Waals surface area contributed by atoms with Crippen molar-refractivity contribution in [3.05, 3.63) is 23.5 Å². The molecule has 0 aromatic rings. The summed E-state index contributed by atoms with van der Waals surface area (Å²) in [6, 6.07) is 0. The summed E-state index contributed by atoms with van der Waals surface area (Å²) in [6.45, 7) is 7.38. The van der Waals surface area contributed by atoms with Crippen molar-refractivity contribution in [1.82, 2.24) is 0 Å². The van der Waals surface area contributed by atoms with Gasteiger partial charge in [0.1, 0.15) is 0 Å². The summed E-state index contributed by atoms with van der Waals surface area (Å²) >= 11 is 0. The second-order valence-corrected chi connectivity index (χ2v) is 3.41. The third kappa shape index (κ3) is 2.41. The van der Waals surface area contributed by atoms with Gasteiger partial charge in [-0.3, -0.25) is 0 Å². The van der Waals surface area contributed by atoms with Gasteiger partial charge in [0.05, 0.1) is 12.9 Å². The van der Waals surface area contributed by atoms with Crippen LogP contribution in [0.1, 0.15) is 27.2 Å². The fraction of sp³-hybridized carbons (Fsp3) is 0.600. The normalized spacial score (nSPS) is 21.5. The Bertz CT molecular complexity index is 185. The Hall–Kier alpha value is -0.720. The minimum atomic E-state index is 0.616. The van der Waals surface area contributed by atoms with Crippen LogP contribution < -0.4 is 0 Å². The van der Waals surface area contributed by atoms with Gasteiger partial charge in [0.25, 0.3) is 0 Å². The van der Waals surface area contributed by atoms with Crippen molar-refractivity contribution in [2.45, 2.75) is 27.2 Å². The van der Waals surface area contributed by atoms with Crippen molar-refractivity contribution in [3.63, 3.8) is 0 Å². The van der Waals surface area contributed by atoms with Crippen LogP contribution in [0, 0.1) is 5.92 Å². The monoisotopic (exact) mass is 152 g/mol. The lowest BCUT2D eigenvalue weighted by molar-refractivity contribution is 0.248. The molecule has 1 aliphatic rings. The topological polar surface area (TPSA) is 9.23 Å². The summed E-state index contributed by atoms with van der Waals surface area (Å²) in [7, 11) is 0. The first-order valence-electron chi connectivity index (χ1n) is 4.11. The van der Waals surface area contributed by atoms with E-state index in [1.807, 2.05) is 6.26 Å². The van der Waals surface area contributed by atoms with Gasteiger partial charge >= 0.3 is 0 Å². The van der Waals surface area contributed by atoms with Gasteiger partial charge in [-0.25, -0.2) is 0 Å². The van der Waals surface area contributed by atoms with Gasteiger partial charge in [-0.2, -0.15) is 0 Å². The molecule has 11 heavy (non-hydrogen) atoms. The van der Waals surface area contributed by atoms with Crippen LogP contribution in [0.2, 0.25) is 0 Å². The van der Waals surface area contributed by atoms with Crippen molar-refractivity contribution in [2.75, 3.05) is 6.61 Å². The molecule has 62 valence electrons. The van der Waals surface area contributed by atoms with E-state index in [0.29, 0.717) is 5.92 Å². The first-order valence-corrected chi connectivity index (χ1v) is 4.11. The first-order chi connectivity index (χ1) is 5.20. The maximum Gasteiger partial charge on any atom is 0.0940 e. The lowest BCUT2D eigenvalue weighted by Gasteiger charge is -2.07. The quantitative estimate of drug-likeness (QED) is 0.553. The van der Waals surface area contributed by atoms with E-state index in [9.17, 15) is 0 Å². The van der Waals surface area contributed by atoms with E-state index in [1.54, 1.807) is 0 Å². The molecule has 1 atom stereocenters. The molecule has 0 N–H and O–H groups in total. The summed E-state index contributed by atoms with van der Waals surface area (Å²) in [4.78, 5) is 0. The largest absolute Gasteiger partial charge is 0.501 e. The van der Waals surface area contributed by atoms with Gasteiger partial charge in [0.2, 0.25) is 0 Å². The van der Waals surface area contributed by atoms with Gasteiger partial charge in [0, 0.05) is 5.92 Å². The average molecular weight is 152 g/mol. The van der Waals surface area contributed by atoms with Crippen LogP contribution in [0.15, 0.2) is 23.5 Å². The molecule has 1 rings (SSSR count). The minimum Gasteiger partial charge on any atom is -0.501 e. The zero-order valence-electron chi connectivity index (χ0n) is 7.55. The molecule has 0 spiro atoms. The molecule has 0 amide bonds. The number of hydrogen-bond donors (Lipinski definition) is 0. The van der Waals surface area contributed by atoms with E-state index in [4.69, 9.17) is 4.74 Å². The molecule has 1 aliphatic heterocycles. The molecule has 1 heteroatoms. The Labute approximate surface area is 68.8 Å². The number of hydrogen-bond acceptors (Lipinski definition) is 1. The lowest BCUT2D eigenvalue weighted by Crippen LogP contribution is -1.99. The molecule has 0 aliphatic carbocycles. The highest BCUT2D eigenvalue weighted by Crippen LogP contribution is 2.19. The smallest absolute Gasteiger partial charge is 0.0940 e. The zero-order chi connectivity index (χ0) is 8.27. The Kier molecular flexibility index (Phi) is 2.75. The van der Waals surface area contributed by atoms with E-state index in [2.05, 4.69) is 26.8 Å². The molecule has 0 radical (unpaired) electrons. The maximum absolute atomic E-state index is 5.13. The molecule has 1 heterocycles. The van der Waals surface area contributed by atoms with Crippen molar-refractivity contribution >= 4 is 0 Å². The molecule has 0 saturated heterocycles. The van der Waals surface area contributed by atoms with Gasteiger partial charge in [-0.1, -0.05) is 11.1 Å². The second-order valence-electron chi connectivity index (χ2n) is 3.41. The Morgan fingerprint density at radius 2 is 2.18 bits per heavy atom. The van der Waals surface area contributed by atoms with E-state index in [1.165, 1.54) is 11.1 Å². The number of allylic oxidation sites excluding steroid dienone is 2. The Morgan fingerprint density at radius 1 is 1.45 bits per heavy atom. The van der Waals surface area contributed by atoms with Gasteiger partial charge < -0.3 is 4.74 Å². The molecule has 0 aromatic carbocycles. The molecular formula is C10H16O. The van der Waals surface area contributed by atoms with Crippen LogP contribution in [0.25, 0.3) is 0 Å². The second kappa shape index (κ2) is 3.61. The molecule has 0 saturated carbocycles. The number of rotatable bonds is 2. The summed E-state index contributed by atoms with van der Waals surface area (Å²) < 4.78 is 5.13. The standard InChI is InChI=1S/C10H16O/c1-8(2)9(3)6-10-4-5-11-7-10/h4-5,10H,6-7H2,1-3H3. The van der Waals surface area contributed by atoms with Gasteiger partial charge in [0.15, 0.2) is 0 Å². The molecule has 0 aromatic heterocycles. The summed E-state index contributed by atoms with van der Waals surface area (Å²) in [5.41, 5.74) is 2.93. The van der Waals surface area contributed by atoms with Crippen LogP contribution in [-0.2, 0) is 4.74 Å². The summed E-state index contributed by atoms with van der Waals surface area (Å²) in [6.07, 6.45) is 5.11. The highest BCUT2D eigenvalue weighted by Gasteiger charge is 2.10. The third-order valence-corrected chi connectivity index (χ3v) is 2.18. The van der Waals surface area contributed by atoms with Gasteiger partial charge in [-0.05, 0) is 33.3 Å². The molecule has 1 nitrogen and oxygen atoms in total. The summed E-state index contributed by atoms with van der Waals surface area (Å²) in [5.74, 6) is 0.616. The number of ether oxygens (including phenoxy) is 1. The van der Waals surface area contributed by atoms with Crippen molar-refractivity contribution in [3.8, 4) is 0 Å². The highest BCUT2D eigenvalue weighted by molar-refractivity contribution is 5.09. The van der Waals surface area contributed by atoms with Gasteiger partial charge in [-0.15, -0.1) is 0 Å². The molecular weight excluding hydrogens is 136 g/mol. The van der Waals surface area contributed by atoms with Crippen LogP contribution in [0.5, 0.6) is 0 Å². The third-order valence-electron chi connectivity index (χ3n) is 2.18. The minimum absolute atomic E-state index is 0.616. The molecule has 1 unspecified atom stereocenters. The Balaban J connectivity index is 2.42. The predicted molar refractivity (Wildman–Crippen MR) is 47.2 cm³/mol. The van der Waals surface area contributed by atoms with Crippen LogP contribution in [0.4, 0.5) is 0 Å². The molecule has 0 fully saturated rings. The Morgan fingerprint density at radius 3 is 2.64 bits per heavy atom. The average Bonchev–Trinajstić information content (AvgIpc) is 2.39. The summed E-state index contributed by atoms with van der Waals surface area (Å²) in [5, 5.41) is 0. The van der Waals surface area contributed by atoms with E-state index < -0.39 is 0 Å². The predicted octanol–water partition coefficient (Wildman–Crippen LogP) is 2.89. The fourth-order valence-corrected chi connectivity index (χ4v) is 1.13. The zero-order valence-corrected chi connectivity index (χ0v) is 7.55. The fourth-order valence-electron chi connectivity index (χ4n) is 1.13. The first kappa shape index (κ1) is 8.38. The highest BCUT2D eigenvalue weighted by atomic mass is 16.5. The van der Waals surface area contributed by atoms with Crippen molar-refractivity contribution in [2.24, 2.45) is 5.92 Å². The van der Waals surface area contributed by atoms with E-state index >= 15 is 0 Å². The molecule has 0 bridgehead atoms.